The van der Waals surface area contributed by atoms with Crippen molar-refractivity contribution in [2.75, 3.05) is 37.7 Å². The second kappa shape index (κ2) is 7.34. The first kappa shape index (κ1) is 14.9. The number of hydrogen-bond acceptors (Lipinski definition) is 4. The zero-order valence-electron chi connectivity index (χ0n) is 11.1. The predicted molar refractivity (Wildman–Crippen MR) is 72.1 cm³/mol. The van der Waals surface area contributed by atoms with Crippen molar-refractivity contribution in [3.05, 3.63) is 0 Å². The van der Waals surface area contributed by atoms with Gasteiger partial charge in [0, 0.05) is 19.1 Å². The number of nitrogens with zero attached hydrogens (tertiary/aromatic N) is 1. The van der Waals surface area contributed by atoms with Gasteiger partial charge in [-0.2, -0.15) is 0 Å². The summed E-state index contributed by atoms with van der Waals surface area (Å²) < 4.78 is 22.9. The molecule has 1 fully saturated rings. The Balaban J connectivity index is 2.21. The lowest BCUT2D eigenvalue weighted by atomic mass is 10.2. The van der Waals surface area contributed by atoms with Crippen LogP contribution in [0.5, 0.6) is 0 Å². The minimum atomic E-state index is -2.77. The Kier molecular flexibility index (Phi) is 6.44. The first-order chi connectivity index (χ1) is 8.07. The Hall–Kier alpha value is -0.130. The van der Waals surface area contributed by atoms with Crippen molar-refractivity contribution in [1.82, 2.24) is 10.2 Å². The van der Waals surface area contributed by atoms with Gasteiger partial charge in [-0.15, -0.1) is 0 Å². The van der Waals surface area contributed by atoms with E-state index in [1.54, 1.807) is 0 Å². The summed E-state index contributed by atoms with van der Waals surface area (Å²) in [5, 5.41) is 3.38. The van der Waals surface area contributed by atoms with E-state index in [1.165, 1.54) is 6.42 Å². The summed E-state index contributed by atoms with van der Waals surface area (Å²) in [6, 6.07) is 0.175. The molecule has 1 unspecified atom stereocenters. The molecule has 1 rings (SSSR count). The van der Waals surface area contributed by atoms with Crippen molar-refractivity contribution in [3.8, 4) is 0 Å². The van der Waals surface area contributed by atoms with Crippen LogP contribution >= 0.6 is 0 Å². The van der Waals surface area contributed by atoms with E-state index in [9.17, 15) is 8.42 Å². The molecule has 0 aromatic heterocycles. The molecule has 0 amide bonds. The number of likely N-dealkylation sites (N-methyl/N-ethyl adjacent to an activating group) is 1. The van der Waals surface area contributed by atoms with Crippen LogP contribution in [0.15, 0.2) is 0 Å². The standard InChI is InChI=1S/C12H26N2O2S/c1-3-8-14(4-2)9-7-13-12-6-5-10-17(15,16)11-12/h12-13H,3-11H2,1-2H3. The van der Waals surface area contributed by atoms with E-state index in [-0.39, 0.29) is 6.04 Å². The van der Waals surface area contributed by atoms with Gasteiger partial charge in [0.05, 0.1) is 11.5 Å². The van der Waals surface area contributed by atoms with Gasteiger partial charge in [-0.25, -0.2) is 8.42 Å². The molecule has 0 aromatic rings. The van der Waals surface area contributed by atoms with Crippen LogP contribution in [0.1, 0.15) is 33.1 Å². The van der Waals surface area contributed by atoms with Gasteiger partial charge >= 0.3 is 0 Å². The Bertz CT molecular complexity index is 304. The molecule has 1 saturated heterocycles. The van der Waals surface area contributed by atoms with Gasteiger partial charge < -0.3 is 10.2 Å². The summed E-state index contributed by atoms with van der Waals surface area (Å²) in [4.78, 5) is 2.39. The molecule has 4 nitrogen and oxygen atoms in total. The van der Waals surface area contributed by atoms with Crippen LogP contribution in [-0.4, -0.2) is 57.0 Å². The zero-order chi connectivity index (χ0) is 12.7. The van der Waals surface area contributed by atoms with Crippen LogP contribution in [0.25, 0.3) is 0 Å². The molecule has 5 heteroatoms. The predicted octanol–water partition coefficient (Wildman–Crippen LogP) is 0.885. The molecule has 0 bridgehead atoms. The fourth-order valence-electron chi connectivity index (χ4n) is 2.35. The summed E-state index contributed by atoms with van der Waals surface area (Å²) in [7, 11) is -2.77. The van der Waals surface area contributed by atoms with Crippen molar-refractivity contribution in [3.63, 3.8) is 0 Å². The number of rotatable bonds is 7. The highest BCUT2D eigenvalue weighted by atomic mass is 32.2. The van der Waals surface area contributed by atoms with Crippen molar-refractivity contribution in [1.29, 1.82) is 0 Å². The first-order valence-electron chi connectivity index (χ1n) is 6.73. The number of nitrogens with one attached hydrogen (secondary N) is 1. The van der Waals surface area contributed by atoms with Crippen molar-refractivity contribution in [2.24, 2.45) is 0 Å². The van der Waals surface area contributed by atoms with E-state index >= 15 is 0 Å². The van der Waals surface area contributed by atoms with E-state index in [0.29, 0.717) is 11.5 Å². The van der Waals surface area contributed by atoms with Gasteiger partial charge in [-0.05, 0) is 32.4 Å². The van der Waals surface area contributed by atoms with E-state index in [4.69, 9.17) is 0 Å². The molecule has 17 heavy (non-hydrogen) atoms. The SMILES string of the molecule is CCCN(CC)CCNC1CCCS(=O)(=O)C1. The molecule has 0 spiro atoms. The molecule has 1 N–H and O–H groups in total. The van der Waals surface area contributed by atoms with Gasteiger partial charge in [0.25, 0.3) is 0 Å². The minimum absolute atomic E-state index is 0.175. The first-order valence-corrected chi connectivity index (χ1v) is 8.55. The van der Waals surface area contributed by atoms with Crippen molar-refractivity contribution >= 4 is 9.84 Å². The number of sulfone groups is 1. The maximum Gasteiger partial charge on any atom is 0.151 e. The number of hydrogen-bond donors (Lipinski definition) is 1. The molecule has 0 aromatic carbocycles. The van der Waals surface area contributed by atoms with Crippen molar-refractivity contribution < 1.29 is 8.42 Å². The van der Waals surface area contributed by atoms with E-state index in [0.717, 1.165) is 39.0 Å². The van der Waals surface area contributed by atoms with Crippen LogP contribution in [0, 0.1) is 0 Å². The van der Waals surface area contributed by atoms with E-state index in [2.05, 4.69) is 24.1 Å². The molecule has 1 aliphatic rings. The highest BCUT2D eigenvalue weighted by Gasteiger charge is 2.23. The Labute approximate surface area is 106 Å². The largest absolute Gasteiger partial charge is 0.312 e. The van der Waals surface area contributed by atoms with E-state index in [1.807, 2.05) is 0 Å². The highest BCUT2D eigenvalue weighted by molar-refractivity contribution is 7.91. The second-order valence-corrected chi connectivity index (χ2v) is 7.07. The molecule has 0 aliphatic carbocycles. The van der Waals surface area contributed by atoms with Gasteiger partial charge in [0.15, 0.2) is 9.84 Å². The third-order valence-corrected chi connectivity index (χ3v) is 5.13. The maximum absolute atomic E-state index is 11.5. The molecule has 102 valence electrons. The summed E-state index contributed by atoms with van der Waals surface area (Å²) >= 11 is 0. The summed E-state index contributed by atoms with van der Waals surface area (Å²) in [6.07, 6.45) is 2.98. The molecule has 0 radical (unpaired) electrons. The zero-order valence-corrected chi connectivity index (χ0v) is 11.9. The fourth-order valence-corrected chi connectivity index (χ4v) is 4.03. The Morgan fingerprint density at radius 1 is 1.29 bits per heavy atom. The molecular formula is C12H26N2O2S. The topological polar surface area (TPSA) is 49.4 Å². The van der Waals surface area contributed by atoms with Gasteiger partial charge in [0.2, 0.25) is 0 Å². The monoisotopic (exact) mass is 262 g/mol. The average molecular weight is 262 g/mol. The Morgan fingerprint density at radius 3 is 2.65 bits per heavy atom. The summed E-state index contributed by atoms with van der Waals surface area (Å²) in [6.45, 7) is 8.46. The van der Waals surface area contributed by atoms with Gasteiger partial charge in [0.1, 0.15) is 0 Å². The lowest BCUT2D eigenvalue weighted by Crippen LogP contribution is -2.43. The third kappa shape index (κ3) is 5.84. The second-order valence-electron chi connectivity index (χ2n) is 4.84. The lowest BCUT2D eigenvalue weighted by Gasteiger charge is -2.25. The summed E-state index contributed by atoms with van der Waals surface area (Å²) in [5.41, 5.74) is 0. The highest BCUT2D eigenvalue weighted by Crippen LogP contribution is 2.11. The fraction of sp³-hybridized carbons (Fsp3) is 1.00. The third-order valence-electron chi connectivity index (χ3n) is 3.31. The molecule has 1 atom stereocenters. The summed E-state index contributed by atoms with van der Waals surface area (Å²) in [5.74, 6) is 0.703. The lowest BCUT2D eigenvalue weighted by molar-refractivity contribution is 0.282. The quantitative estimate of drug-likeness (QED) is 0.740. The normalized spacial score (nSPS) is 24.1. The molecular weight excluding hydrogens is 236 g/mol. The van der Waals surface area contributed by atoms with Crippen LogP contribution in [0.2, 0.25) is 0 Å². The smallest absolute Gasteiger partial charge is 0.151 e. The molecule has 1 aliphatic heterocycles. The van der Waals surface area contributed by atoms with Crippen LogP contribution in [-0.2, 0) is 9.84 Å². The van der Waals surface area contributed by atoms with Crippen LogP contribution < -0.4 is 5.32 Å². The van der Waals surface area contributed by atoms with Crippen molar-refractivity contribution in [2.45, 2.75) is 39.2 Å². The van der Waals surface area contributed by atoms with Gasteiger partial charge in [-0.1, -0.05) is 13.8 Å². The van der Waals surface area contributed by atoms with E-state index < -0.39 is 9.84 Å². The molecule has 0 saturated carbocycles. The molecule has 1 heterocycles. The van der Waals surface area contributed by atoms with Crippen LogP contribution in [0.4, 0.5) is 0 Å². The average Bonchev–Trinajstić information content (AvgIpc) is 2.26. The Morgan fingerprint density at radius 2 is 2.06 bits per heavy atom. The maximum atomic E-state index is 11.5. The minimum Gasteiger partial charge on any atom is -0.312 e. The van der Waals surface area contributed by atoms with Crippen LogP contribution in [0.3, 0.4) is 0 Å². The van der Waals surface area contributed by atoms with Gasteiger partial charge in [-0.3, -0.25) is 0 Å².